The van der Waals surface area contributed by atoms with Gasteiger partial charge in [-0.3, -0.25) is 0 Å². The van der Waals surface area contributed by atoms with Crippen LogP contribution in [0.5, 0.6) is 0 Å². The Balaban J connectivity index is 2.49. The van der Waals surface area contributed by atoms with Crippen molar-refractivity contribution in [1.82, 2.24) is 0 Å². The SMILES string of the molecule is C[C@@H](N)c1cccc(C(F)(F)C2(O)CC2)c1F. The number of hydrogen-bond acceptors (Lipinski definition) is 2. The van der Waals surface area contributed by atoms with Crippen molar-refractivity contribution in [3.8, 4) is 0 Å². The van der Waals surface area contributed by atoms with Crippen LogP contribution in [0.1, 0.15) is 36.9 Å². The molecule has 0 aliphatic heterocycles. The monoisotopic (exact) mass is 245 g/mol. The standard InChI is InChI=1S/C12H14F3NO/c1-7(16)8-3-2-4-9(10(8)13)12(14,15)11(17)5-6-11/h2-4,7,17H,5-6,16H2,1H3/t7-/m1/s1. The number of nitrogens with two attached hydrogens (primary N) is 1. The lowest BCUT2D eigenvalue weighted by Crippen LogP contribution is -2.34. The van der Waals surface area contributed by atoms with Gasteiger partial charge in [0.1, 0.15) is 11.4 Å². The largest absolute Gasteiger partial charge is 0.383 e. The first kappa shape index (κ1) is 12.4. The third kappa shape index (κ3) is 1.83. The Morgan fingerprint density at radius 1 is 1.41 bits per heavy atom. The van der Waals surface area contributed by atoms with Crippen molar-refractivity contribution in [2.75, 3.05) is 0 Å². The summed E-state index contributed by atoms with van der Waals surface area (Å²) in [5.74, 6) is -4.59. The summed E-state index contributed by atoms with van der Waals surface area (Å²) in [6.45, 7) is 1.52. The van der Waals surface area contributed by atoms with Crippen LogP contribution in [0.3, 0.4) is 0 Å². The Labute approximate surface area is 97.2 Å². The quantitative estimate of drug-likeness (QED) is 0.859. The summed E-state index contributed by atoms with van der Waals surface area (Å²) in [6, 6.07) is 3.03. The molecule has 0 amide bonds. The third-order valence-electron chi connectivity index (χ3n) is 3.17. The topological polar surface area (TPSA) is 46.2 Å². The van der Waals surface area contributed by atoms with E-state index in [4.69, 9.17) is 5.73 Å². The van der Waals surface area contributed by atoms with Crippen molar-refractivity contribution in [2.45, 2.75) is 37.3 Å². The molecule has 5 heteroatoms. The van der Waals surface area contributed by atoms with Gasteiger partial charge >= 0.3 is 5.92 Å². The minimum Gasteiger partial charge on any atom is -0.383 e. The van der Waals surface area contributed by atoms with Gasteiger partial charge in [0, 0.05) is 11.6 Å². The highest BCUT2D eigenvalue weighted by atomic mass is 19.3. The fourth-order valence-electron chi connectivity index (χ4n) is 1.83. The molecule has 1 saturated carbocycles. The molecule has 0 spiro atoms. The van der Waals surface area contributed by atoms with Crippen LogP contribution < -0.4 is 5.73 Å². The van der Waals surface area contributed by atoms with Gasteiger partial charge < -0.3 is 10.8 Å². The van der Waals surface area contributed by atoms with Crippen LogP contribution in [0, 0.1) is 5.82 Å². The molecule has 0 heterocycles. The second kappa shape index (κ2) is 3.71. The summed E-state index contributed by atoms with van der Waals surface area (Å²) >= 11 is 0. The first-order valence-electron chi connectivity index (χ1n) is 5.44. The zero-order valence-electron chi connectivity index (χ0n) is 9.38. The lowest BCUT2D eigenvalue weighted by atomic mass is 9.96. The van der Waals surface area contributed by atoms with Crippen LogP contribution in [-0.2, 0) is 5.92 Å². The summed E-state index contributed by atoms with van der Waals surface area (Å²) in [7, 11) is 0. The molecule has 2 nitrogen and oxygen atoms in total. The Hall–Kier alpha value is -1.07. The van der Waals surface area contributed by atoms with E-state index in [0.29, 0.717) is 0 Å². The van der Waals surface area contributed by atoms with Crippen LogP contribution in [-0.4, -0.2) is 10.7 Å². The smallest absolute Gasteiger partial charge is 0.304 e. The van der Waals surface area contributed by atoms with Crippen molar-refractivity contribution in [2.24, 2.45) is 5.73 Å². The van der Waals surface area contributed by atoms with Gasteiger partial charge in [0.15, 0.2) is 0 Å². The van der Waals surface area contributed by atoms with Gasteiger partial charge in [0.2, 0.25) is 0 Å². The Morgan fingerprint density at radius 3 is 2.47 bits per heavy atom. The average molecular weight is 245 g/mol. The molecule has 0 aromatic heterocycles. The van der Waals surface area contributed by atoms with Gasteiger partial charge in [-0.1, -0.05) is 12.1 Å². The van der Waals surface area contributed by atoms with Crippen LogP contribution in [0.15, 0.2) is 18.2 Å². The van der Waals surface area contributed by atoms with Crippen LogP contribution in [0.2, 0.25) is 0 Å². The van der Waals surface area contributed by atoms with E-state index in [-0.39, 0.29) is 18.4 Å². The molecule has 0 unspecified atom stereocenters. The molecule has 3 N–H and O–H groups in total. The van der Waals surface area contributed by atoms with E-state index >= 15 is 0 Å². The highest BCUT2D eigenvalue weighted by Gasteiger charge is 2.62. The summed E-state index contributed by atoms with van der Waals surface area (Å²) in [4.78, 5) is 0. The van der Waals surface area contributed by atoms with Gasteiger partial charge in [-0.05, 0) is 25.8 Å². The normalized spacial score (nSPS) is 20.1. The summed E-state index contributed by atoms with van der Waals surface area (Å²) in [5.41, 5.74) is 2.67. The van der Waals surface area contributed by atoms with Gasteiger partial charge in [-0.15, -0.1) is 0 Å². The minimum atomic E-state index is -3.57. The first-order valence-corrected chi connectivity index (χ1v) is 5.44. The molecular formula is C12H14F3NO. The maximum absolute atomic E-state index is 13.9. The summed E-state index contributed by atoms with van der Waals surface area (Å²) < 4.78 is 41.7. The van der Waals surface area contributed by atoms with Gasteiger partial charge in [-0.2, -0.15) is 8.78 Å². The molecule has 1 fully saturated rings. The van der Waals surface area contributed by atoms with E-state index in [0.717, 1.165) is 6.07 Å². The van der Waals surface area contributed by atoms with E-state index in [1.807, 2.05) is 0 Å². The van der Waals surface area contributed by atoms with Crippen molar-refractivity contribution < 1.29 is 18.3 Å². The molecule has 0 saturated heterocycles. The van der Waals surface area contributed by atoms with Crippen LogP contribution in [0.25, 0.3) is 0 Å². The number of halogens is 3. The van der Waals surface area contributed by atoms with E-state index in [9.17, 15) is 18.3 Å². The predicted molar refractivity (Wildman–Crippen MR) is 57.1 cm³/mol. The van der Waals surface area contributed by atoms with Crippen molar-refractivity contribution in [1.29, 1.82) is 0 Å². The molecule has 1 aromatic rings. The molecule has 2 rings (SSSR count). The molecule has 1 aromatic carbocycles. The highest BCUT2D eigenvalue weighted by molar-refractivity contribution is 5.34. The summed E-state index contributed by atoms with van der Waals surface area (Å²) in [5, 5.41) is 9.52. The second-order valence-electron chi connectivity index (χ2n) is 4.60. The first-order chi connectivity index (χ1) is 7.79. The number of alkyl halides is 2. The molecule has 1 aliphatic carbocycles. The molecule has 17 heavy (non-hydrogen) atoms. The molecule has 0 radical (unpaired) electrons. The van der Waals surface area contributed by atoms with E-state index in [1.165, 1.54) is 19.1 Å². The van der Waals surface area contributed by atoms with Gasteiger partial charge in [-0.25, -0.2) is 4.39 Å². The zero-order chi connectivity index (χ0) is 12.8. The Bertz CT molecular complexity index is 441. The van der Waals surface area contributed by atoms with Crippen molar-refractivity contribution in [3.05, 3.63) is 35.1 Å². The Morgan fingerprint density at radius 2 is 2.00 bits per heavy atom. The van der Waals surface area contributed by atoms with Crippen molar-refractivity contribution >= 4 is 0 Å². The number of aliphatic hydroxyl groups is 1. The highest BCUT2D eigenvalue weighted by Crippen LogP contribution is 2.54. The van der Waals surface area contributed by atoms with Crippen LogP contribution >= 0.6 is 0 Å². The van der Waals surface area contributed by atoms with E-state index in [2.05, 4.69) is 0 Å². The Kier molecular flexibility index (Phi) is 2.71. The fourth-order valence-corrected chi connectivity index (χ4v) is 1.83. The second-order valence-corrected chi connectivity index (χ2v) is 4.60. The van der Waals surface area contributed by atoms with Gasteiger partial charge in [0.25, 0.3) is 0 Å². The maximum atomic E-state index is 13.9. The van der Waals surface area contributed by atoms with E-state index < -0.39 is 28.9 Å². The lowest BCUT2D eigenvalue weighted by Gasteiger charge is -2.24. The number of benzene rings is 1. The molecule has 0 bridgehead atoms. The molecular weight excluding hydrogens is 231 g/mol. The minimum absolute atomic E-state index is 0.0121. The van der Waals surface area contributed by atoms with Gasteiger partial charge in [0.05, 0.1) is 5.56 Å². The van der Waals surface area contributed by atoms with Crippen LogP contribution in [0.4, 0.5) is 13.2 Å². The van der Waals surface area contributed by atoms with Crippen molar-refractivity contribution in [3.63, 3.8) is 0 Å². The average Bonchev–Trinajstić information content (AvgIpc) is 2.97. The molecule has 1 atom stereocenters. The lowest BCUT2D eigenvalue weighted by molar-refractivity contribution is -0.134. The number of rotatable bonds is 3. The predicted octanol–water partition coefficient (Wildman–Crippen LogP) is 2.46. The fraction of sp³-hybridized carbons (Fsp3) is 0.500. The zero-order valence-corrected chi connectivity index (χ0v) is 9.38. The third-order valence-corrected chi connectivity index (χ3v) is 3.17. The molecule has 1 aliphatic rings. The maximum Gasteiger partial charge on any atom is 0.304 e. The van der Waals surface area contributed by atoms with E-state index in [1.54, 1.807) is 0 Å². The number of hydrogen-bond donors (Lipinski definition) is 2. The summed E-state index contributed by atoms with van der Waals surface area (Å²) in [6.07, 6.45) is -0.0241. The molecule has 94 valence electrons.